The smallest absolute Gasteiger partial charge is 0.274 e. The van der Waals surface area contributed by atoms with E-state index in [1.165, 1.54) is 0 Å². The number of morpholine rings is 1. The molecule has 24 heavy (non-hydrogen) atoms. The first-order valence-corrected chi connectivity index (χ1v) is 7.66. The standard InChI is InChI=1S/C17H17N5O2/c1-12-19-15(10-16(20-12)22-6-8-24-9-7-22)17(23)21-14-5-3-2-4-13(14)11-18/h2-5,10H,6-9H2,1H3,(H,21,23). The summed E-state index contributed by atoms with van der Waals surface area (Å²) < 4.78 is 5.34. The van der Waals surface area contributed by atoms with Gasteiger partial charge in [-0.2, -0.15) is 5.26 Å². The number of aryl methyl sites for hydroxylation is 1. The lowest BCUT2D eigenvalue weighted by Crippen LogP contribution is -2.37. The van der Waals surface area contributed by atoms with E-state index in [1.807, 2.05) is 0 Å². The van der Waals surface area contributed by atoms with Crippen molar-refractivity contribution in [3.05, 3.63) is 47.4 Å². The third kappa shape index (κ3) is 3.50. The highest BCUT2D eigenvalue weighted by Crippen LogP contribution is 2.17. The van der Waals surface area contributed by atoms with Crippen LogP contribution in [0.25, 0.3) is 0 Å². The van der Waals surface area contributed by atoms with Crippen molar-refractivity contribution in [3.63, 3.8) is 0 Å². The predicted molar refractivity (Wildman–Crippen MR) is 88.9 cm³/mol. The number of nitriles is 1. The molecule has 1 aromatic heterocycles. The molecule has 0 saturated carbocycles. The number of nitrogens with zero attached hydrogens (tertiary/aromatic N) is 4. The maximum Gasteiger partial charge on any atom is 0.274 e. The van der Waals surface area contributed by atoms with Crippen LogP contribution in [-0.2, 0) is 4.74 Å². The summed E-state index contributed by atoms with van der Waals surface area (Å²) in [7, 11) is 0. The van der Waals surface area contributed by atoms with Crippen LogP contribution in [0.5, 0.6) is 0 Å². The summed E-state index contributed by atoms with van der Waals surface area (Å²) in [5.41, 5.74) is 1.15. The average Bonchev–Trinajstić information content (AvgIpc) is 2.62. The Labute approximate surface area is 139 Å². The summed E-state index contributed by atoms with van der Waals surface area (Å²) in [5.74, 6) is 0.875. The van der Waals surface area contributed by atoms with E-state index in [4.69, 9.17) is 10.00 Å². The zero-order valence-electron chi connectivity index (χ0n) is 13.3. The molecule has 1 N–H and O–H groups in total. The van der Waals surface area contributed by atoms with Crippen LogP contribution in [-0.4, -0.2) is 42.2 Å². The molecule has 2 aromatic rings. The molecular weight excluding hydrogens is 306 g/mol. The van der Waals surface area contributed by atoms with Crippen LogP contribution < -0.4 is 10.2 Å². The molecule has 0 aliphatic carbocycles. The molecule has 1 amide bonds. The molecular formula is C17H17N5O2. The van der Waals surface area contributed by atoms with E-state index >= 15 is 0 Å². The van der Waals surface area contributed by atoms with Gasteiger partial charge in [0.25, 0.3) is 5.91 Å². The second kappa shape index (κ2) is 7.06. The Bertz CT molecular complexity index is 794. The van der Waals surface area contributed by atoms with Gasteiger partial charge in [0.05, 0.1) is 24.5 Å². The fourth-order valence-corrected chi connectivity index (χ4v) is 2.50. The van der Waals surface area contributed by atoms with Crippen LogP contribution in [0, 0.1) is 18.3 Å². The SMILES string of the molecule is Cc1nc(C(=O)Nc2ccccc2C#N)cc(N2CCOCC2)n1. The van der Waals surface area contributed by atoms with E-state index in [0.717, 1.165) is 13.1 Å². The molecule has 1 aliphatic rings. The van der Waals surface area contributed by atoms with Crippen molar-refractivity contribution < 1.29 is 9.53 Å². The molecule has 0 atom stereocenters. The Hall–Kier alpha value is -2.98. The monoisotopic (exact) mass is 323 g/mol. The van der Waals surface area contributed by atoms with Crippen LogP contribution in [0.2, 0.25) is 0 Å². The fraction of sp³-hybridized carbons (Fsp3) is 0.294. The Morgan fingerprint density at radius 1 is 1.29 bits per heavy atom. The van der Waals surface area contributed by atoms with Crippen LogP contribution in [0.15, 0.2) is 30.3 Å². The zero-order valence-corrected chi connectivity index (χ0v) is 13.3. The number of nitrogens with one attached hydrogen (secondary N) is 1. The molecule has 7 heteroatoms. The van der Waals surface area contributed by atoms with Gasteiger partial charge in [0, 0.05) is 19.2 Å². The van der Waals surface area contributed by atoms with Gasteiger partial charge in [-0.1, -0.05) is 12.1 Å². The lowest BCUT2D eigenvalue weighted by molar-refractivity contribution is 0.102. The molecule has 3 rings (SSSR count). The Morgan fingerprint density at radius 2 is 2.04 bits per heavy atom. The van der Waals surface area contributed by atoms with E-state index in [0.29, 0.717) is 36.1 Å². The van der Waals surface area contributed by atoms with Gasteiger partial charge < -0.3 is 15.0 Å². The second-order valence-corrected chi connectivity index (χ2v) is 5.37. The van der Waals surface area contributed by atoms with E-state index in [9.17, 15) is 4.79 Å². The van der Waals surface area contributed by atoms with Gasteiger partial charge in [-0.3, -0.25) is 4.79 Å². The highest BCUT2D eigenvalue weighted by atomic mass is 16.5. The van der Waals surface area contributed by atoms with Crippen molar-refractivity contribution in [1.82, 2.24) is 9.97 Å². The number of para-hydroxylation sites is 1. The minimum Gasteiger partial charge on any atom is -0.378 e. The normalized spacial score (nSPS) is 14.1. The van der Waals surface area contributed by atoms with E-state index in [1.54, 1.807) is 37.3 Å². The van der Waals surface area contributed by atoms with E-state index < -0.39 is 0 Å². The van der Waals surface area contributed by atoms with Crippen molar-refractivity contribution in [2.45, 2.75) is 6.92 Å². The number of ether oxygens (including phenoxy) is 1. The number of hydrogen-bond donors (Lipinski definition) is 1. The molecule has 0 bridgehead atoms. The van der Waals surface area contributed by atoms with Gasteiger partial charge in [0.1, 0.15) is 23.4 Å². The molecule has 7 nitrogen and oxygen atoms in total. The molecule has 0 radical (unpaired) electrons. The molecule has 0 unspecified atom stereocenters. The average molecular weight is 323 g/mol. The Morgan fingerprint density at radius 3 is 2.79 bits per heavy atom. The summed E-state index contributed by atoms with van der Waals surface area (Å²) in [6.45, 7) is 4.49. The molecule has 122 valence electrons. The number of benzene rings is 1. The van der Waals surface area contributed by atoms with Crippen molar-refractivity contribution in [1.29, 1.82) is 5.26 Å². The third-order valence-electron chi connectivity index (χ3n) is 3.69. The molecule has 1 aliphatic heterocycles. The van der Waals surface area contributed by atoms with E-state index in [2.05, 4.69) is 26.3 Å². The topological polar surface area (TPSA) is 91.1 Å². The highest BCUT2D eigenvalue weighted by molar-refractivity contribution is 6.04. The van der Waals surface area contributed by atoms with Gasteiger partial charge >= 0.3 is 0 Å². The Balaban J connectivity index is 1.84. The van der Waals surface area contributed by atoms with Gasteiger partial charge in [-0.25, -0.2) is 9.97 Å². The minimum absolute atomic E-state index is 0.275. The fourth-order valence-electron chi connectivity index (χ4n) is 2.50. The molecule has 1 fully saturated rings. The number of carbonyl (C=O) groups is 1. The molecule has 2 heterocycles. The molecule has 0 spiro atoms. The number of amides is 1. The lowest BCUT2D eigenvalue weighted by atomic mass is 10.2. The predicted octanol–water partition coefficient (Wildman–Crippen LogP) is 1.75. The summed E-state index contributed by atoms with van der Waals surface area (Å²) in [4.78, 5) is 23.2. The first kappa shape index (κ1) is 15.9. The summed E-state index contributed by atoms with van der Waals surface area (Å²) in [5, 5.41) is 11.9. The summed E-state index contributed by atoms with van der Waals surface area (Å²) >= 11 is 0. The van der Waals surface area contributed by atoms with Crippen LogP contribution in [0.3, 0.4) is 0 Å². The second-order valence-electron chi connectivity index (χ2n) is 5.37. The van der Waals surface area contributed by atoms with Crippen LogP contribution >= 0.6 is 0 Å². The van der Waals surface area contributed by atoms with Gasteiger partial charge in [0.15, 0.2) is 0 Å². The van der Waals surface area contributed by atoms with Gasteiger partial charge in [0.2, 0.25) is 0 Å². The third-order valence-corrected chi connectivity index (χ3v) is 3.69. The molecule has 1 aromatic carbocycles. The number of hydrogen-bond acceptors (Lipinski definition) is 6. The minimum atomic E-state index is -0.363. The maximum absolute atomic E-state index is 12.5. The van der Waals surface area contributed by atoms with Crippen molar-refractivity contribution >= 4 is 17.4 Å². The van der Waals surface area contributed by atoms with Crippen LogP contribution in [0.4, 0.5) is 11.5 Å². The van der Waals surface area contributed by atoms with Crippen molar-refractivity contribution in [2.24, 2.45) is 0 Å². The first-order valence-electron chi connectivity index (χ1n) is 7.66. The summed E-state index contributed by atoms with van der Waals surface area (Å²) in [6, 6.07) is 10.6. The first-order chi connectivity index (χ1) is 11.7. The Kier molecular flexibility index (Phi) is 4.68. The number of rotatable bonds is 3. The lowest BCUT2D eigenvalue weighted by Gasteiger charge is -2.28. The largest absolute Gasteiger partial charge is 0.378 e. The molecule has 1 saturated heterocycles. The van der Waals surface area contributed by atoms with Crippen LogP contribution in [0.1, 0.15) is 21.9 Å². The quantitative estimate of drug-likeness (QED) is 0.925. The van der Waals surface area contributed by atoms with Crippen molar-refractivity contribution in [3.8, 4) is 6.07 Å². The highest BCUT2D eigenvalue weighted by Gasteiger charge is 2.17. The summed E-state index contributed by atoms with van der Waals surface area (Å²) in [6.07, 6.45) is 0. The number of aromatic nitrogens is 2. The zero-order chi connectivity index (χ0) is 16.9. The van der Waals surface area contributed by atoms with Crippen molar-refractivity contribution in [2.75, 3.05) is 36.5 Å². The van der Waals surface area contributed by atoms with E-state index in [-0.39, 0.29) is 11.6 Å². The number of carbonyl (C=O) groups excluding carboxylic acids is 1. The number of anilines is 2. The van der Waals surface area contributed by atoms with Gasteiger partial charge in [-0.05, 0) is 19.1 Å². The maximum atomic E-state index is 12.5. The van der Waals surface area contributed by atoms with Gasteiger partial charge in [-0.15, -0.1) is 0 Å².